The van der Waals surface area contributed by atoms with Crippen LogP contribution < -0.4 is 20.3 Å². The number of ether oxygens (including phenoxy) is 5. The second kappa shape index (κ2) is 21.6. The maximum atomic E-state index is 16.5. The molecule has 7 atom stereocenters. The predicted molar refractivity (Wildman–Crippen MR) is 252 cm³/mol. The average molecular weight is 955 g/mol. The zero-order valence-corrected chi connectivity index (χ0v) is 39.3. The lowest BCUT2D eigenvalue weighted by atomic mass is 9.65. The molecule has 7 rings (SSSR count). The van der Waals surface area contributed by atoms with Crippen molar-refractivity contribution in [3.05, 3.63) is 144 Å². The van der Waals surface area contributed by atoms with Crippen LogP contribution in [0, 0.1) is 29.6 Å². The van der Waals surface area contributed by atoms with Crippen molar-refractivity contribution in [2.75, 3.05) is 46.0 Å². The molecule has 0 bridgehead atoms. The lowest BCUT2D eigenvalue weighted by Gasteiger charge is -2.46. The van der Waals surface area contributed by atoms with Crippen LogP contribution in [0.5, 0.6) is 5.75 Å². The Bertz CT molecular complexity index is 2690. The molecule has 2 fully saturated rings. The topological polar surface area (TPSA) is 216 Å². The number of benzene rings is 4. The predicted octanol–water partition coefficient (Wildman–Crippen LogP) is 4.64. The van der Waals surface area contributed by atoms with E-state index in [9.17, 15) is 24.3 Å². The van der Waals surface area contributed by atoms with Crippen molar-refractivity contribution >= 4 is 47.4 Å². The number of amides is 4. The zero-order valence-electron chi connectivity index (χ0n) is 39.3. The summed E-state index contributed by atoms with van der Waals surface area (Å²) < 4.78 is 26.9. The Morgan fingerprint density at radius 3 is 2.04 bits per heavy atom. The van der Waals surface area contributed by atoms with Gasteiger partial charge in [-0.15, -0.1) is 6.58 Å². The number of morpholine rings is 1. The molecule has 7 unspecified atom stereocenters. The van der Waals surface area contributed by atoms with Crippen molar-refractivity contribution in [3.63, 3.8) is 0 Å². The van der Waals surface area contributed by atoms with Gasteiger partial charge in [-0.25, -0.2) is 14.5 Å². The van der Waals surface area contributed by atoms with E-state index >= 15 is 14.4 Å². The summed E-state index contributed by atoms with van der Waals surface area (Å²) >= 11 is 0. The number of aliphatic hydroxyl groups excluding tert-OH is 1. The van der Waals surface area contributed by atoms with Crippen molar-refractivity contribution in [2.45, 2.75) is 56.0 Å². The molecule has 17 nitrogen and oxygen atoms in total. The van der Waals surface area contributed by atoms with E-state index in [0.29, 0.717) is 22.4 Å². The summed E-state index contributed by atoms with van der Waals surface area (Å²) in [5.41, 5.74) is -0.0967. The van der Waals surface area contributed by atoms with Gasteiger partial charge in [0.25, 0.3) is 0 Å². The van der Waals surface area contributed by atoms with Gasteiger partial charge >= 0.3 is 29.9 Å². The molecule has 3 N–H and O–H groups in total. The number of hydrogen-bond acceptors (Lipinski definition) is 14. The fourth-order valence-corrected chi connectivity index (χ4v) is 9.80. The molecule has 70 heavy (non-hydrogen) atoms. The van der Waals surface area contributed by atoms with Crippen LogP contribution in [0.15, 0.2) is 116 Å². The standard InChI is InChI=1S/C53H54N4O13/c1-7-27-54-46(59)40-43-50(63)70-44(34-18-12-9-13-19-34)42(33-16-10-8-11-17-33)57(43)45(35-22-24-36(25-23-35)69-29-28-58)53(40)38-30-32(15-14-20-37(47(60)66-4)48(61)67-5)21-26-39(38)56(51(53)64)52(65)55-41(31(2)3)49(62)68-6/h7-13,16-19,21-26,30-31,37,40-45,58H,1,20,27-29H2,2-6H3,(H,54,59)(H,55,65). The van der Waals surface area contributed by atoms with Gasteiger partial charge in [0.15, 0.2) is 5.92 Å². The van der Waals surface area contributed by atoms with Crippen LogP contribution in [-0.4, -0.2) is 105 Å². The van der Waals surface area contributed by atoms with Crippen LogP contribution in [0.4, 0.5) is 10.5 Å². The van der Waals surface area contributed by atoms with Crippen LogP contribution in [0.3, 0.4) is 0 Å². The van der Waals surface area contributed by atoms with Gasteiger partial charge in [-0.3, -0.25) is 28.9 Å². The van der Waals surface area contributed by atoms with Gasteiger partial charge in [-0.1, -0.05) is 105 Å². The fourth-order valence-electron chi connectivity index (χ4n) is 9.80. The summed E-state index contributed by atoms with van der Waals surface area (Å²) in [4.78, 5) is 103. The third kappa shape index (κ3) is 9.23. The van der Waals surface area contributed by atoms with Crippen LogP contribution in [-0.2, 0) is 53.1 Å². The molecule has 4 aromatic rings. The molecule has 0 aromatic heterocycles. The fraction of sp³-hybridized carbons (Fsp3) is 0.340. The number of nitrogens with one attached hydrogen (secondary N) is 2. The number of carbonyl (C=O) groups excluding carboxylic acids is 7. The number of urea groups is 1. The Morgan fingerprint density at radius 2 is 1.46 bits per heavy atom. The maximum absolute atomic E-state index is 16.5. The third-order valence-electron chi connectivity index (χ3n) is 12.8. The highest BCUT2D eigenvalue weighted by Gasteiger charge is 2.75. The Balaban J connectivity index is 1.57. The molecule has 3 aliphatic rings. The highest BCUT2D eigenvalue weighted by Crippen LogP contribution is 2.66. The number of rotatable bonds is 15. The lowest BCUT2D eigenvalue weighted by Crippen LogP contribution is -2.57. The van der Waals surface area contributed by atoms with Gasteiger partial charge in [0.05, 0.1) is 51.6 Å². The summed E-state index contributed by atoms with van der Waals surface area (Å²) in [6, 6.07) is 23.6. The third-order valence-corrected chi connectivity index (χ3v) is 12.8. The first-order chi connectivity index (χ1) is 33.8. The molecule has 4 amide bonds. The minimum atomic E-state index is -2.19. The van der Waals surface area contributed by atoms with Crippen LogP contribution in [0.1, 0.15) is 66.3 Å². The molecule has 0 aliphatic carbocycles. The van der Waals surface area contributed by atoms with E-state index in [1.165, 1.54) is 25.3 Å². The van der Waals surface area contributed by atoms with Gasteiger partial charge < -0.3 is 39.4 Å². The minimum absolute atomic E-state index is 0.0147. The minimum Gasteiger partial charge on any atom is -0.491 e. The Kier molecular flexibility index (Phi) is 15.5. The quantitative estimate of drug-likeness (QED) is 0.0487. The molecule has 0 saturated carbocycles. The Labute approximate surface area is 405 Å². The number of hydrogen-bond donors (Lipinski definition) is 3. The summed E-state index contributed by atoms with van der Waals surface area (Å²) in [5.74, 6) is -2.31. The number of cyclic esters (lactones) is 1. The van der Waals surface area contributed by atoms with E-state index in [4.69, 9.17) is 23.7 Å². The normalized spacial score (nSPS) is 21.7. The molecule has 3 aliphatic heterocycles. The van der Waals surface area contributed by atoms with Crippen molar-refractivity contribution in [1.82, 2.24) is 15.5 Å². The molecule has 364 valence electrons. The molecular formula is C53H54N4O13. The van der Waals surface area contributed by atoms with Crippen molar-refractivity contribution in [1.29, 1.82) is 0 Å². The van der Waals surface area contributed by atoms with E-state index < -0.39 is 95.2 Å². The van der Waals surface area contributed by atoms with Gasteiger partial charge in [0.1, 0.15) is 36.0 Å². The van der Waals surface area contributed by atoms with Gasteiger partial charge in [0, 0.05) is 18.5 Å². The van der Waals surface area contributed by atoms with E-state index in [0.717, 1.165) is 19.1 Å². The van der Waals surface area contributed by atoms with Gasteiger partial charge in [0.2, 0.25) is 11.8 Å². The van der Waals surface area contributed by atoms with Crippen molar-refractivity contribution in [2.24, 2.45) is 17.8 Å². The monoisotopic (exact) mass is 954 g/mol. The van der Waals surface area contributed by atoms with Crippen LogP contribution in [0.2, 0.25) is 0 Å². The van der Waals surface area contributed by atoms with Crippen LogP contribution in [0.25, 0.3) is 0 Å². The molecule has 3 heterocycles. The number of fused-ring (bicyclic) bond motifs is 3. The Hall–Kier alpha value is -7.81. The summed E-state index contributed by atoms with van der Waals surface area (Å²) in [7, 11) is 3.43. The van der Waals surface area contributed by atoms with E-state index in [-0.39, 0.29) is 43.0 Å². The van der Waals surface area contributed by atoms with E-state index in [1.54, 1.807) is 44.2 Å². The Morgan fingerprint density at radius 1 is 0.829 bits per heavy atom. The number of imide groups is 1. The van der Waals surface area contributed by atoms with Crippen molar-refractivity contribution in [3.8, 4) is 17.6 Å². The second-order valence-electron chi connectivity index (χ2n) is 17.1. The molecule has 17 heteroatoms. The number of esters is 4. The first kappa shape index (κ1) is 50.1. The molecule has 4 aromatic carbocycles. The first-order valence-electron chi connectivity index (χ1n) is 22.6. The van der Waals surface area contributed by atoms with E-state index in [2.05, 4.69) is 29.1 Å². The second-order valence-corrected chi connectivity index (χ2v) is 17.1. The highest BCUT2D eigenvalue weighted by molar-refractivity contribution is 6.25. The number of nitrogens with zero attached hydrogens (tertiary/aromatic N) is 2. The summed E-state index contributed by atoms with van der Waals surface area (Å²) in [6.07, 6.45) is 0.135. The number of aliphatic hydroxyl groups is 1. The highest BCUT2D eigenvalue weighted by atomic mass is 16.6. The molecule has 1 spiro atoms. The van der Waals surface area contributed by atoms with Gasteiger partial charge in [-0.2, -0.15) is 0 Å². The number of methoxy groups -OCH3 is 3. The average Bonchev–Trinajstić information content (AvgIpc) is 3.83. The van der Waals surface area contributed by atoms with E-state index in [1.807, 2.05) is 65.6 Å². The molecular weight excluding hydrogens is 901 g/mol. The molecule has 2 saturated heterocycles. The van der Waals surface area contributed by atoms with Crippen LogP contribution >= 0.6 is 0 Å². The lowest BCUT2D eigenvalue weighted by molar-refractivity contribution is -0.178. The first-order valence-corrected chi connectivity index (χ1v) is 22.6. The summed E-state index contributed by atoms with van der Waals surface area (Å²) in [6.45, 7) is 6.81. The largest absolute Gasteiger partial charge is 0.491 e. The number of anilines is 1. The number of carbonyl (C=O) groups is 7. The zero-order chi connectivity index (χ0) is 50.3. The molecule has 0 radical (unpaired) electrons. The SMILES string of the molecule is C=CCNC(=O)C1C2C(=O)OC(c3ccccc3)C(c3ccccc3)N2C(c2ccc(OCCO)cc2)C12C(=O)N(C(=O)NC(C(=O)OC)C(C)C)c1ccc(C#CCC(C(=O)OC)C(=O)OC)cc12. The van der Waals surface area contributed by atoms with Gasteiger partial charge in [-0.05, 0) is 58.5 Å². The smallest absolute Gasteiger partial charge is 0.329 e. The summed E-state index contributed by atoms with van der Waals surface area (Å²) in [5, 5.41) is 15.1. The maximum Gasteiger partial charge on any atom is 0.329 e. The van der Waals surface area contributed by atoms with Crippen molar-refractivity contribution < 1.29 is 62.4 Å².